The molecule has 0 bridgehead atoms. The van der Waals surface area contributed by atoms with Crippen LogP contribution in [0.4, 0.5) is 5.69 Å². The molecule has 0 spiro atoms. The molecule has 2 aromatic carbocycles. The lowest BCUT2D eigenvalue weighted by atomic mass is 9.87. The van der Waals surface area contributed by atoms with Gasteiger partial charge in [-0.15, -0.1) is 0 Å². The molecule has 8 heteroatoms. The molecule has 2 aliphatic rings. The number of aromatic amines is 1. The first-order valence-corrected chi connectivity index (χ1v) is 13.6. The summed E-state index contributed by atoms with van der Waals surface area (Å²) < 4.78 is 27.2. The summed E-state index contributed by atoms with van der Waals surface area (Å²) in [5.41, 5.74) is 4.36. The minimum Gasteiger partial charge on any atom is -0.358 e. The highest BCUT2D eigenvalue weighted by atomic mass is 32.2. The summed E-state index contributed by atoms with van der Waals surface area (Å²) >= 11 is 0. The van der Waals surface area contributed by atoms with E-state index in [9.17, 15) is 13.2 Å². The molecule has 7 nitrogen and oxygen atoms in total. The maximum absolute atomic E-state index is 12.8. The number of hydrogen-bond acceptors (Lipinski definition) is 4. The fraction of sp³-hybridized carbons (Fsp3) is 0.423. The Labute approximate surface area is 201 Å². The van der Waals surface area contributed by atoms with Crippen LogP contribution in [0.15, 0.2) is 53.4 Å². The van der Waals surface area contributed by atoms with Crippen molar-refractivity contribution in [2.24, 2.45) is 0 Å². The third-order valence-electron chi connectivity index (χ3n) is 7.13. The molecule has 2 N–H and O–H groups in total. The molecule has 1 amide bonds. The third kappa shape index (κ3) is 4.62. The first-order chi connectivity index (χ1) is 16.4. The van der Waals surface area contributed by atoms with Crippen LogP contribution in [0, 0.1) is 6.92 Å². The number of carbonyl (C=O) groups excluding carboxylic acids is 1. The average Bonchev–Trinajstić information content (AvgIpc) is 3.48. The van der Waals surface area contributed by atoms with Crippen molar-refractivity contribution in [3.63, 3.8) is 0 Å². The predicted octanol–water partition coefficient (Wildman–Crippen LogP) is 4.08. The number of piperidine rings is 1. The quantitative estimate of drug-likeness (QED) is 0.557. The molecule has 0 saturated carbocycles. The number of anilines is 1. The van der Waals surface area contributed by atoms with E-state index in [1.807, 2.05) is 0 Å². The largest absolute Gasteiger partial charge is 0.358 e. The summed E-state index contributed by atoms with van der Waals surface area (Å²) in [4.78, 5) is 18.6. The molecular weight excluding hydrogens is 448 g/mol. The number of aromatic nitrogens is 1. The Morgan fingerprint density at radius 3 is 2.53 bits per heavy atom. The summed E-state index contributed by atoms with van der Waals surface area (Å²) in [5.74, 6) is 0.375. The number of amides is 1. The minimum atomic E-state index is -3.50. The van der Waals surface area contributed by atoms with Gasteiger partial charge in [-0.2, -0.15) is 4.31 Å². The van der Waals surface area contributed by atoms with Crippen molar-refractivity contribution < 1.29 is 13.2 Å². The van der Waals surface area contributed by atoms with Gasteiger partial charge in [-0.05, 0) is 81.4 Å². The molecule has 1 aromatic heterocycles. The minimum absolute atomic E-state index is 0.113. The number of hydrogen-bond donors (Lipinski definition) is 2. The number of carbonyl (C=O) groups is 1. The number of fused-ring (bicyclic) bond motifs is 1. The molecule has 0 aliphatic carbocycles. The Bertz CT molecular complexity index is 1290. The topological polar surface area (TPSA) is 85.5 Å². The van der Waals surface area contributed by atoms with Crippen LogP contribution in [0.3, 0.4) is 0 Å². The van der Waals surface area contributed by atoms with Crippen molar-refractivity contribution in [1.82, 2.24) is 14.2 Å². The van der Waals surface area contributed by atoms with Crippen molar-refractivity contribution >= 4 is 32.5 Å². The number of rotatable bonds is 6. The van der Waals surface area contributed by atoms with E-state index in [1.54, 1.807) is 24.3 Å². The number of H-pyrrole nitrogens is 1. The van der Waals surface area contributed by atoms with Crippen LogP contribution in [-0.4, -0.2) is 61.2 Å². The Morgan fingerprint density at radius 1 is 1.03 bits per heavy atom. The second-order valence-electron chi connectivity index (χ2n) is 9.45. The van der Waals surface area contributed by atoms with Crippen molar-refractivity contribution in [3.05, 3.63) is 59.8 Å². The van der Waals surface area contributed by atoms with Gasteiger partial charge < -0.3 is 10.3 Å². The average molecular weight is 481 g/mol. The van der Waals surface area contributed by atoms with E-state index in [2.05, 4.69) is 46.4 Å². The van der Waals surface area contributed by atoms with Gasteiger partial charge in [0.05, 0.1) is 11.4 Å². The Morgan fingerprint density at radius 2 is 1.76 bits per heavy atom. The Hall–Kier alpha value is -2.68. The summed E-state index contributed by atoms with van der Waals surface area (Å²) in [6, 6.07) is 15.0. The standard InChI is InChI=1S/C26H32N4O3S/c1-19-26(23-9-2-3-10-24(23)27-19)20-11-15-29(16-12-20)18-25(31)28-21-7-6-8-22(17-21)34(32,33)30-13-4-5-14-30/h2-3,6-10,17,20,27H,4-5,11-16,18H2,1H3,(H,28,31). The molecule has 3 aromatic rings. The van der Waals surface area contributed by atoms with Crippen LogP contribution < -0.4 is 5.32 Å². The fourth-order valence-corrected chi connectivity index (χ4v) is 6.98. The maximum atomic E-state index is 12.8. The zero-order valence-corrected chi connectivity index (χ0v) is 20.4. The smallest absolute Gasteiger partial charge is 0.243 e. The Kier molecular flexibility index (Phi) is 6.46. The highest BCUT2D eigenvalue weighted by Crippen LogP contribution is 2.35. The van der Waals surface area contributed by atoms with Gasteiger partial charge in [0.1, 0.15) is 0 Å². The molecular formula is C26H32N4O3S. The first kappa shape index (κ1) is 23.1. The summed E-state index contributed by atoms with van der Waals surface area (Å²) in [6.07, 6.45) is 3.82. The van der Waals surface area contributed by atoms with Crippen LogP contribution in [0.2, 0.25) is 0 Å². The number of sulfonamides is 1. The van der Waals surface area contributed by atoms with Crippen molar-refractivity contribution in [2.45, 2.75) is 43.4 Å². The van der Waals surface area contributed by atoms with Gasteiger partial charge in [0.25, 0.3) is 0 Å². The lowest BCUT2D eigenvalue weighted by Crippen LogP contribution is -2.38. The van der Waals surface area contributed by atoms with Gasteiger partial charge >= 0.3 is 0 Å². The van der Waals surface area contributed by atoms with E-state index in [4.69, 9.17) is 0 Å². The fourth-order valence-electron chi connectivity index (χ4n) is 5.42. The molecule has 0 unspecified atom stereocenters. The highest BCUT2D eigenvalue weighted by molar-refractivity contribution is 7.89. The number of benzene rings is 2. The van der Waals surface area contributed by atoms with Gasteiger partial charge in [0.2, 0.25) is 15.9 Å². The van der Waals surface area contributed by atoms with E-state index in [1.165, 1.54) is 26.5 Å². The molecule has 5 rings (SSSR count). The molecule has 3 heterocycles. The van der Waals surface area contributed by atoms with E-state index in [0.29, 0.717) is 31.2 Å². The van der Waals surface area contributed by atoms with Crippen molar-refractivity contribution in [1.29, 1.82) is 0 Å². The highest BCUT2D eigenvalue weighted by Gasteiger charge is 2.28. The lowest BCUT2D eigenvalue weighted by Gasteiger charge is -2.31. The summed E-state index contributed by atoms with van der Waals surface area (Å²) in [7, 11) is -3.50. The summed E-state index contributed by atoms with van der Waals surface area (Å²) in [5, 5.41) is 4.20. The molecule has 0 radical (unpaired) electrons. The number of likely N-dealkylation sites (tertiary alicyclic amines) is 1. The van der Waals surface area contributed by atoms with Gasteiger partial charge in [-0.3, -0.25) is 9.69 Å². The molecule has 2 saturated heterocycles. The van der Waals surface area contributed by atoms with Crippen LogP contribution in [0.5, 0.6) is 0 Å². The number of nitrogens with zero attached hydrogens (tertiary/aromatic N) is 2. The van der Waals surface area contributed by atoms with Gasteiger partial charge in [0, 0.05) is 35.4 Å². The SMILES string of the molecule is Cc1[nH]c2ccccc2c1C1CCN(CC(=O)Nc2cccc(S(=O)(=O)N3CCCC3)c2)CC1. The van der Waals surface area contributed by atoms with Crippen molar-refractivity contribution in [2.75, 3.05) is 38.0 Å². The normalized spacial score (nSPS) is 18.5. The van der Waals surface area contributed by atoms with E-state index in [0.717, 1.165) is 38.8 Å². The van der Waals surface area contributed by atoms with Gasteiger partial charge in [-0.1, -0.05) is 24.3 Å². The molecule has 2 aliphatic heterocycles. The second kappa shape index (κ2) is 9.52. The zero-order chi connectivity index (χ0) is 23.7. The Balaban J connectivity index is 1.18. The zero-order valence-electron chi connectivity index (χ0n) is 19.6. The van der Waals surface area contributed by atoms with Crippen LogP contribution >= 0.6 is 0 Å². The third-order valence-corrected chi connectivity index (χ3v) is 9.02. The predicted molar refractivity (Wildman–Crippen MR) is 135 cm³/mol. The maximum Gasteiger partial charge on any atom is 0.243 e. The van der Waals surface area contributed by atoms with Crippen LogP contribution in [0.25, 0.3) is 10.9 Å². The van der Waals surface area contributed by atoms with Crippen molar-refractivity contribution in [3.8, 4) is 0 Å². The van der Waals surface area contributed by atoms with Crippen LogP contribution in [0.1, 0.15) is 42.9 Å². The molecule has 2 fully saturated rings. The van der Waals surface area contributed by atoms with Gasteiger partial charge in [-0.25, -0.2) is 8.42 Å². The number of aryl methyl sites for hydroxylation is 1. The molecule has 0 atom stereocenters. The monoisotopic (exact) mass is 480 g/mol. The number of nitrogens with one attached hydrogen (secondary N) is 2. The number of para-hydroxylation sites is 1. The summed E-state index contributed by atoms with van der Waals surface area (Å²) in [6.45, 7) is 5.30. The van der Waals surface area contributed by atoms with Crippen LogP contribution in [-0.2, 0) is 14.8 Å². The van der Waals surface area contributed by atoms with Gasteiger partial charge in [0.15, 0.2) is 0 Å². The van der Waals surface area contributed by atoms with E-state index >= 15 is 0 Å². The second-order valence-corrected chi connectivity index (χ2v) is 11.4. The lowest BCUT2D eigenvalue weighted by molar-refractivity contribution is -0.117. The van der Waals surface area contributed by atoms with E-state index < -0.39 is 10.0 Å². The van der Waals surface area contributed by atoms with E-state index in [-0.39, 0.29) is 10.8 Å². The first-order valence-electron chi connectivity index (χ1n) is 12.1. The molecule has 180 valence electrons. The molecule has 34 heavy (non-hydrogen) atoms.